The number of hydrogen-bond acceptors (Lipinski definition) is 2. The van der Waals surface area contributed by atoms with Gasteiger partial charge in [0.25, 0.3) is 0 Å². The minimum Gasteiger partial charge on any atom is -0.306 e. The zero-order valence-corrected chi connectivity index (χ0v) is 14.3. The van der Waals surface area contributed by atoms with E-state index in [0.717, 1.165) is 15.5 Å². The summed E-state index contributed by atoms with van der Waals surface area (Å²) in [6.07, 6.45) is 0. The van der Waals surface area contributed by atoms with Gasteiger partial charge in [-0.05, 0) is 43.3 Å². The highest BCUT2D eigenvalue weighted by Crippen LogP contribution is 2.33. The van der Waals surface area contributed by atoms with Gasteiger partial charge < -0.3 is 5.32 Å². The van der Waals surface area contributed by atoms with Crippen molar-refractivity contribution in [3.8, 4) is 0 Å². The summed E-state index contributed by atoms with van der Waals surface area (Å²) < 4.78 is 2.23. The molecule has 96 valence electrons. The van der Waals surface area contributed by atoms with E-state index in [1.165, 1.54) is 15.3 Å². The first-order valence-corrected chi connectivity index (χ1v) is 8.26. The number of nitrogens with one attached hydrogen (secondary N) is 1. The summed E-state index contributed by atoms with van der Waals surface area (Å²) in [6, 6.07) is 11.0. The van der Waals surface area contributed by atoms with Crippen molar-refractivity contribution >= 4 is 43.2 Å². The molecule has 0 aliphatic rings. The molecule has 1 unspecified atom stereocenters. The zero-order chi connectivity index (χ0) is 13.1. The molecule has 1 nitrogen and oxygen atoms in total. The second kappa shape index (κ2) is 6.33. The van der Waals surface area contributed by atoms with Gasteiger partial charge in [-0.3, -0.25) is 0 Å². The highest BCUT2D eigenvalue weighted by atomic mass is 79.9. The lowest BCUT2D eigenvalue weighted by molar-refractivity contribution is 0.637. The molecule has 0 saturated heterocycles. The molecular weight excluding hydrogens is 374 g/mol. The molecule has 0 radical (unpaired) electrons. The van der Waals surface area contributed by atoms with Crippen LogP contribution in [0.4, 0.5) is 0 Å². The monoisotopic (exact) mass is 387 g/mol. The van der Waals surface area contributed by atoms with Gasteiger partial charge in [-0.15, -0.1) is 11.3 Å². The molecule has 0 saturated carbocycles. The molecule has 0 aliphatic carbocycles. The van der Waals surface area contributed by atoms with Crippen LogP contribution in [0.2, 0.25) is 0 Å². The van der Waals surface area contributed by atoms with Crippen LogP contribution in [-0.4, -0.2) is 6.54 Å². The highest BCUT2D eigenvalue weighted by molar-refractivity contribution is 9.11. The maximum absolute atomic E-state index is 3.66. The molecular formula is C14H15Br2NS. The fraction of sp³-hybridized carbons (Fsp3) is 0.286. The number of aryl methyl sites for hydroxylation is 1. The van der Waals surface area contributed by atoms with E-state index < -0.39 is 0 Å². The summed E-state index contributed by atoms with van der Waals surface area (Å²) in [5, 5.41) is 3.55. The van der Waals surface area contributed by atoms with Crippen LogP contribution in [0.1, 0.15) is 28.3 Å². The summed E-state index contributed by atoms with van der Waals surface area (Å²) in [5.74, 6) is 0. The second-order valence-electron chi connectivity index (χ2n) is 4.10. The Kier molecular flexibility index (Phi) is 5.01. The molecule has 0 amide bonds. The fourth-order valence-corrected chi connectivity index (χ4v) is 4.16. The van der Waals surface area contributed by atoms with Gasteiger partial charge in [0.2, 0.25) is 0 Å². The number of thiophene rings is 1. The Bertz CT molecular complexity index is 536. The average molecular weight is 389 g/mol. The number of hydrogen-bond donors (Lipinski definition) is 1. The zero-order valence-electron chi connectivity index (χ0n) is 10.3. The van der Waals surface area contributed by atoms with Gasteiger partial charge in [-0.2, -0.15) is 0 Å². The molecule has 0 spiro atoms. The van der Waals surface area contributed by atoms with Crippen LogP contribution < -0.4 is 5.32 Å². The highest BCUT2D eigenvalue weighted by Gasteiger charge is 2.17. The van der Waals surface area contributed by atoms with Crippen molar-refractivity contribution in [3.05, 3.63) is 54.6 Å². The predicted molar refractivity (Wildman–Crippen MR) is 86.4 cm³/mol. The van der Waals surface area contributed by atoms with Crippen molar-refractivity contribution in [2.75, 3.05) is 6.54 Å². The van der Waals surface area contributed by atoms with E-state index in [4.69, 9.17) is 0 Å². The molecule has 0 fully saturated rings. The number of rotatable bonds is 4. The van der Waals surface area contributed by atoms with Gasteiger partial charge in [0.1, 0.15) is 0 Å². The third kappa shape index (κ3) is 3.23. The number of benzene rings is 1. The van der Waals surface area contributed by atoms with Crippen molar-refractivity contribution in [1.29, 1.82) is 0 Å². The Balaban J connectivity index is 2.41. The van der Waals surface area contributed by atoms with Crippen LogP contribution in [0.5, 0.6) is 0 Å². The lowest BCUT2D eigenvalue weighted by Gasteiger charge is -2.18. The van der Waals surface area contributed by atoms with E-state index in [2.05, 4.69) is 81.4 Å². The van der Waals surface area contributed by atoms with Gasteiger partial charge in [-0.25, -0.2) is 0 Å². The molecule has 1 atom stereocenters. The quantitative estimate of drug-likeness (QED) is 0.751. The van der Waals surface area contributed by atoms with Crippen LogP contribution in [-0.2, 0) is 0 Å². The van der Waals surface area contributed by atoms with E-state index in [-0.39, 0.29) is 6.04 Å². The molecule has 1 aromatic carbocycles. The molecule has 18 heavy (non-hydrogen) atoms. The summed E-state index contributed by atoms with van der Waals surface area (Å²) >= 11 is 9.00. The third-order valence-corrected chi connectivity index (χ3v) is 4.97. The first kappa shape index (κ1) is 14.3. The molecule has 1 N–H and O–H groups in total. The summed E-state index contributed by atoms with van der Waals surface area (Å²) in [4.78, 5) is 2.71. The van der Waals surface area contributed by atoms with E-state index in [0.29, 0.717) is 0 Å². The Morgan fingerprint density at radius 3 is 2.56 bits per heavy atom. The normalized spacial score (nSPS) is 12.7. The number of halogens is 2. The fourth-order valence-electron chi connectivity index (χ4n) is 1.91. The van der Waals surface area contributed by atoms with E-state index in [1.807, 2.05) is 11.3 Å². The topological polar surface area (TPSA) is 12.0 Å². The maximum Gasteiger partial charge on any atom is 0.0682 e. The SMILES string of the molecule is CCNC(c1ccc(C)s1)c1ccc(Br)cc1Br. The van der Waals surface area contributed by atoms with Crippen molar-refractivity contribution < 1.29 is 0 Å². The molecule has 1 aromatic heterocycles. The lowest BCUT2D eigenvalue weighted by atomic mass is 10.1. The predicted octanol–water partition coefficient (Wildman–Crippen LogP) is 5.28. The van der Waals surface area contributed by atoms with Crippen LogP contribution in [0.25, 0.3) is 0 Å². The van der Waals surface area contributed by atoms with Crippen LogP contribution in [0.15, 0.2) is 39.3 Å². The summed E-state index contributed by atoms with van der Waals surface area (Å²) in [7, 11) is 0. The van der Waals surface area contributed by atoms with E-state index in [1.54, 1.807) is 0 Å². The van der Waals surface area contributed by atoms with Crippen molar-refractivity contribution in [2.24, 2.45) is 0 Å². The largest absolute Gasteiger partial charge is 0.306 e. The Hall–Kier alpha value is -0.160. The van der Waals surface area contributed by atoms with Crippen molar-refractivity contribution in [3.63, 3.8) is 0 Å². The van der Waals surface area contributed by atoms with Crippen LogP contribution >= 0.6 is 43.2 Å². The van der Waals surface area contributed by atoms with Crippen molar-refractivity contribution in [2.45, 2.75) is 19.9 Å². The second-order valence-corrected chi connectivity index (χ2v) is 7.19. The molecule has 2 aromatic rings. The Labute approximate surface area is 129 Å². The molecule has 2 rings (SSSR count). The van der Waals surface area contributed by atoms with Gasteiger partial charge in [0, 0.05) is 18.7 Å². The third-order valence-electron chi connectivity index (χ3n) is 2.73. The van der Waals surface area contributed by atoms with E-state index in [9.17, 15) is 0 Å². The van der Waals surface area contributed by atoms with Crippen LogP contribution in [0.3, 0.4) is 0 Å². The average Bonchev–Trinajstić information content (AvgIpc) is 2.73. The maximum atomic E-state index is 3.66. The minimum absolute atomic E-state index is 0.260. The molecule has 0 bridgehead atoms. The summed E-state index contributed by atoms with van der Waals surface area (Å²) in [5.41, 5.74) is 1.28. The molecule has 4 heteroatoms. The Morgan fingerprint density at radius 1 is 1.22 bits per heavy atom. The smallest absolute Gasteiger partial charge is 0.0682 e. The molecule has 0 aliphatic heterocycles. The molecule has 1 heterocycles. The van der Waals surface area contributed by atoms with Gasteiger partial charge >= 0.3 is 0 Å². The lowest BCUT2D eigenvalue weighted by Crippen LogP contribution is -2.21. The van der Waals surface area contributed by atoms with E-state index >= 15 is 0 Å². The standard InChI is InChI=1S/C14H15Br2NS/c1-3-17-14(13-7-4-9(2)18-13)11-6-5-10(15)8-12(11)16/h4-8,14,17H,3H2,1-2H3. The van der Waals surface area contributed by atoms with Crippen LogP contribution in [0, 0.1) is 6.92 Å². The first-order valence-electron chi connectivity index (χ1n) is 5.86. The minimum atomic E-state index is 0.260. The summed E-state index contributed by atoms with van der Waals surface area (Å²) in [6.45, 7) is 5.23. The van der Waals surface area contributed by atoms with Gasteiger partial charge in [0.05, 0.1) is 6.04 Å². The van der Waals surface area contributed by atoms with Crippen molar-refractivity contribution in [1.82, 2.24) is 5.32 Å². The van der Waals surface area contributed by atoms with Gasteiger partial charge in [0.15, 0.2) is 0 Å². The van der Waals surface area contributed by atoms with Gasteiger partial charge in [-0.1, -0.05) is 44.8 Å². The first-order chi connectivity index (χ1) is 8.61. The Morgan fingerprint density at radius 2 is 2.00 bits per heavy atom.